The van der Waals surface area contributed by atoms with E-state index in [1.165, 1.54) is 5.56 Å². The van der Waals surface area contributed by atoms with E-state index in [0.29, 0.717) is 24.8 Å². The van der Waals surface area contributed by atoms with Crippen molar-refractivity contribution < 1.29 is 9.32 Å². The average molecular weight is 447 g/mol. The van der Waals surface area contributed by atoms with E-state index in [0.717, 1.165) is 37.1 Å². The number of likely N-dealkylation sites (tertiary alicyclic amines) is 1. The van der Waals surface area contributed by atoms with E-state index in [9.17, 15) is 4.79 Å². The molecule has 2 aromatic carbocycles. The number of carbonyl (C=O) groups is 1. The quantitative estimate of drug-likeness (QED) is 0.539. The Balaban J connectivity index is 1.28. The van der Waals surface area contributed by atoms with E-state index in [1.54, 1.807) is 0 Å². The number of aromatic nitrogens is 2. The third-order valence-electron chi connectivity index (χ3n) is 6.41. The molecule has 1 saturated heterocycles. The molecule has 0 spiro atoms. The largest absolute Gasteiger partial charge is 0.341 e. The van der Waals surface area contributed by atoms with Crippen LogP contribution in [-0.2, 0) is 23.3 Å². The molecule has 0 N–H and O–H groups in total. The van der Waals surface area contributed by atoms with Gasteiger partial charge >= 0.3 is 0 Å². The van der Waals surface area contributed by atoms with Gasteiger partial charge in [-0.15, -0.1) is 0 Å². The zero-order valence-electron chi connectivity index (χ0n) is 20.1. The third kappa shape index (κ3) is 5.88. The lowest BCUT2D eigenvalue weighted by Crippen LogP contribution is -2.40. The van der Waals surface area contributed by atoms with Crippen LogP contribution in [0.2, 0.25) is 0 Å². The summed E-state index contributed by atoms with van der Waals surface area (Å²) in [6, 6.07) is 18.5. The van der Waals surface area contributed by atoms with Crippen molar-refractivity contribution in [2.75, 3.05) is 20.1 Å². The predicted octanol–water partition coefficient (Wildman–Crippen LogP) is 4.90. The number of nitrogens with zero attached hydrogens (tertiary/aromatic N) is 4. The molecule has 0 radical (unpaired) electrons. The SMILES string of the molecule is CN(Cc1ccccc1)C(=O)C1CCN(Cc2nc(-c3ccc(C(C)(C)C)cc3)no2)CC1. The summed E-state index contributed by atoms with van der Waals surface area (Å²) >= 11 is 0. The Morgan fingerprint density at radius 3 is 2.36 bits per heavy atom. The molecule has 0 saturated carbocycles. The topological polar surface area (TPSA) is 62.5 Å². The van der Waals surface area contributed by atoms with Crippen LogP contribution >= 0.6 is 0 Å². The van der Waals surface area contributed by atoms with Crippen LogP contribution < -0.4 is 0 Å². The predicted molar refractivity (Wildman–Crippen MR) is 129 cm³/mol. The standard InChI is InChI=1S/C27H34N4O2/c1-27(2,3)23-12-10-21(11-13-23)25-28-24(33-29-25)19-31-16-14-22(15-17-31)26(32)30(4)18-20-8-6-5-7-9-20/h5-13,22H,14-19H2,1-4H3. The molecule has 2 heterocycles. The summed E-state index contributed by atoms with van der Waals surface area (Å²) in [5, 5.41) is 4.18. The van der Waals surface area contributed by atoms with Crippen molar-refractivity contribution in [3.63, 3.8) is 0 Å². The van der Waals surface area contributed by atoms with Gasteiger partial charge in [0.2, 0.25) is 17.6 Å². The fourth-order valence-corrected chi connectivity index (χ4v) is 4.33. The lowest BCUT2D eigenvalue weighted by atomic mass is 9.87. The van der Waals surface area contributed by atoms with Gasteiger partial charge in [0.05, 0.1) is 6.54 Å². The maximum absolute atomic E-state index is 12.9. The highest BCUT2D eigenvalue weighted by atomic mass is 16.5. The van der Waals surface area contributed by atoms with Crippen molar-refractivity contribution in [3.8, 4) is 11.4 Å². The van der Waals surface area contributed by atoms with Crippen molar-refractivity contribution in [2.45, 2.75) is 52.1 Å². The average Bonchev–Trinajstić information content (AvgIpc) is 3.28. The van der Waals surface area contributed by atoms with Gasteiger partial charge in [-0.25, -0.2) is 0 Å². The fourth-order valence-electron chi connectivity index (χ4n) is 4.33. The summed E-state index contributed by atoms with van der Waals surface area (Å²) in [6.45, 7) is 9.59. The fraction of sp³-hybridized carbons (Fsp3) is 0.444. The maximum atomic E-state index is 12.9. The Bertz CT molecular complexity index is 1050. The van der Waals surface area contributed by atoms with Gasteiger partial charge < -0.3 is 9.42 Å². The minimum atomic E-state index is 0.0783. The molecule has 0 aliphatic carbocycles. The summed E-state index contributed by atoms with van der Waals surface area (Å²) in [7, 11) is 1.90. The smallest absolute Gasteiger partial charge is 0.241 e. The van der Waals surface area contributed by atoms with E-state index in [2.05, 4.69) is 72.2 Å². The second-order valence-corrected chi connectivity index (χ2v) is 10.1. The van der Waals surface area contributed by atoms with Crippen molar-refractivity contribution in [1.29, 1.82) is 0 Å². The van der Waals surface area contributed by atoms with Crippen LogP contribution in [0, 0.1) is 5.92 Å². The Morgan fingerprint density at radius 1 is 1.06 bits per heavy atom. The zero-order chi connectivity index (χ0) is 23.4. The minimum Gasteiger partial charge on any atom is -0.341 e. The summed E-state index contributed by atoms with van der Waals surface area (Å²) in [5.41, 5.74) is 3.52. The number of rotatable bonds is 6. The summed E-state index contributed by atoms with van der Waals surface area (Å²) in [4.78, 5) is 21.6. The molecule has 3 aromatic rings. The van der Waals surface area contributed by atoms with Gasteiger partial charge in [-0.3, -0.25) is 9.69 Å². The van der Waals surface area contributed by atoms with Gasteiger partial charge in [0.1, 0.15) is 0 Å². The molecule has 1 aliphatic heterocycles. The molecule has 4 rings (SSSR count). The zero-order valence-corrected chi connectivity index (χ0v) is 20.1. The summed E-state index contributed by atoms with van der Waals surface area (Å²) in [6.07, 6.45) is 1.71. The van der Waals surface area contributed by atoms with Crippen LogP contribution in [0.3, 0.4) is 0 Å². The van der Waals surface area contributed by atoms with E-state index >= 15 is 0 Å². The van der Waals surface area contributed by atoms with E-state index in [-0.39, 0.29) is 17.2 Å². The van der Waals surface area contributed by atoms with E-state index < -0.39 is 0 Å². The first-order valence-electron chi connectivity index (χ1n) is 11.7. The van der Waals surface area contributed by atoms with Gasteiger partial charge in [-0.2, -0.15) is 4.98 Å². The maximum Gasteiger partial charge on any atom is 0.241 e. The Hall–Kier alpha value is -2.99. The van der Waals surface area contributed by atoms with Gasteiger partial charge in [0, 0.05) is 25.1 Å². The van der Waals surface area contributed by atoms with Gasteiger partial charge in [-0.05, 0) is 42.5 Å². The lowest BCUT2D eigenvalue weighted by molar-refractivity contribution is -0.136. The van der Waals surface area contributed by atoms with Crippen molar-refractivity contribution >= 4 is 5.91 Å². The molecular weight excluding hydrogens is 412 g/mol. The third-order valence-corrected chi connectivity index (χ3v) is 6.41. The Kier molecular flexibility index (Phi) is 6.94. The Morgan fingerprint density at radius 2 is 1.73 bits per heavy atom. The normalized spacial score (nSPS) is 15.5. The molecule has 1 aliphatic rings. The lowest BCUT2D eigenvalue weighted by Gasteiger charge is -2.32. The highest BCUT2D eigenvalue weighted by Gasteiger charge is 2.28. The Labute approximate surface area is 196 Å². The summed E-state index contributed by atoms with van der Waals surface area (Å²) in [5.74, 6) is 1.56. The van der Waals surface area contributed by atoms with Crippen LogP contribution in [0.15, 0.2) is 59.1 Å². The molecule has 174 valence electrons. The first-order chi connectivity index (χ1) is 15.8. The molecule has 6 nitrogen and oxygen atoms in total. The monoisotopic (exact) mass is 446 g/mol. The molecule has 1 fully saturated rings. The van der Waals surface area contributed by atoms with Crippen LogP contribution in [0.4, 0.5) is 0 Å². The number of hydrogen-bond acceptors (Lipinski definition) is 5. The van der Waals surface area contributed by atoms with Gasteiger partial charge in [0.25, 0.3) is 0 Å². The van der Waals surface area contributed by atoms with Gasteiger partial charge in [0.15, 0.2) is 0 Å². The second-order valence-electron chi connectivity index (χ2n) is 10.1. The van der Waals surface area contributed by atoms with Gasteiger partial charge in [-0.1, -0.05) is 80.5 Å². The molecule has 6 heteroatoms. The van der Waals surface area contributed by atoms with Crippen LogP contribution in [0.1, 0.15) is 50.6 Å². The van der Waals surface area contributed by atoms with E-state index in [4.69, 9.17) is 4.52 Å². The van der Waals surface area contributed by atoms with E-state index in [1.807, 2.05) is 30.1 Å². The van der Waals surface area contributed by atoms with Crippen LogP contribution in [0.25, 0.3) is 11.4 Å². The molecule has 1 aromatic heterocycles. The van der Waals surface area contributed by atoms with Crippen molar-refractivity contribution in [1.82, 2.24) is 19.9 Å². The molecule has 0 atom stereocenters. The molecule has 0 bridgehead atoms. The molecule has 1 amide bonds. The number of amides is 1. The summed E-state index contributed by atoms with van der Waals surface area (Å²) < 4.78 is 5.52. The number of carbonyl (C=O) groups excluding carboxylic acids is 1. The molecular formula is C27H34N4O2. The van der Waals surface area contributed by atoms with Crippen LogP contribution in [0.5, 0.6) is 0 Å². The first kappa shape index (κ1) is 23.2. The highest BCUT2D eigenvalue weighted by molar-refractivity contribution is 5.78. The first-order valence-corrected chi connectivity index (χ1v) is 11.7. The van der Waals surface area contributed by atoms with Crippen molar-refractivity contribution in [2.24, 2.45) is 5.92 Å². The number of benzene rings is 2. The molecule has 33 heavy (non-hydrogen) atoms. The van der Waals surface area contributed by atoms with Crippen molar-refractivity contribution in [3.05, 3.63) is 71.6 Å². The molecule has 0 unspecified atom stereocenters. The minimum absolute atomic E-state index is 0.0783. The highest BCUT2D eigenvalue weighted by Crippen LogP contribution is 2.26. The number of piperidine rings is 1. The number of hydrogen-bond donors (Lipinski definition) is 0. The second kappa shape index (κ2) is 9.87. The van der Waals surface area contributed by atoms with Crippen LogP contribution in [-0.4, -0.2) is 46.0 Å².